The Morgan fingerprint density at radius 1 is 1.29 bits per heavy atom. The van der Waals surface area contributed by atoms with Crippen LogP contribution in [0.1, 0.15) is 59.4 Å². The zero-order chi connectivity index (χ0) is 13.0. The number of hydrogen-bond donors (Lipinski definition) is 0. The van der Waals surface area contributed by atoms with Crippen LogP contribution in [0.2, 0.25) is 0 Å². The summed E-state index contributed by atoms with van der Waals surface area (Å²) in [6.45, 7) is 5.64. The summed E-state index contributed by atoms with van der Waals surface area (Å²) in [4.78, 5) is 23.1. The zero-order valence-electron chi connectivity index (χ0n) is 10.7. The van der Waals surface area contributed by atoms with Gasteiger partial charge in [-0.25, -0.2) is 4.79 Å². The summed E-state index contributed by atoms with van der Waals surface area (Å²) in [6.07, 6.45) is 0.995. The first-order valence-electron chi connectivity index (χ1n) is 5.74. The van der Waals surface area contributed by atoms with E-state index < -0.39 is 5.97 Å². The topological polar surface area (TPSA) is 43.4 Å². The molecule has 92 valence electrons. The molecule has 1 rings (SSSR count). The lowest BCUT2D eigenvalue weighted by Crippen LogP contribution is -2.09. The van der Waals surface area contributed by atoms with Gasteiger partial charge in [0.15, 0.2) is 5.78 Å². The fourth-order valence-corrected chi connectivity index (χ4v) is 1.68. The van der Waals surface area contributed by atoms with Gasteiger partial charge in [-0.15, -0.1) is 0 Å². The van der Waals surface area contributed by atoms with Gasteiger partial charge in [0.2, 0.25) is 0 Å². The number of esters is 1. The molecule has 1 aromatic carbocycles. The van der Waals surface area contributed by atoms with Crippen molar-refractivity contribution in [3.63, 3.8) is 0 Å². The number of hydrogen-bond acceptors (Lipinski definition) is 3. The van der Waals surface area contributed by atoms with Crippen LogP contribution in [0.15, 0.2) is 18.2 Å². The van der Waals surface area contributed by atoms with E-state index in [-0.39, 0.29) is 5.78 Å². The molecule has 0 saturated carbocycles. The first-order chi connectivity index (χ1) is 8.01. The number of rotatable bonds is 4. The first-order valence-corrected chi connectivity index (χ1v) is 5.74. The van der Waals surface area contributed by atoms with E-state index in [0.29, 0.717) is 17.0 Å². The van der Waals surface area contributed by atoms with Gasteiger partial charge in [-0.3, -0.25) is 4.79 Å². The Labute approximate surface area is 102 Å². The van der Waals surface area contributed by atoms with E-state index in [2.05, 4.69) is 18.6 Å². The third-order valence-electron chi connectivity index (χ3n) is 3.01. The molecule has 17 heavy (non-hydrogen) atoms. The van der Waals surface area contributed by atoms with Gasteiger partial charge >= 0.3 is 5.97 Å². The number of Topliss-reactive ketones (excluding diaryl/α,β-unsaturated/α-hetero) is 1. The zero-order valence-corrected chi connectivity index (χ0v) is 10.7. The van der Waals surface area contributed by atoms with Gasteiger partial charge in [-0.1, -0.05) is 19.9 Å². The largest absolute Gasteiger partial charge is 0.465 e. The van der Waals surface area contributed by atoms with Gasteiger partial charge in [-0.2, -0.15) is 0 Å². The fourth-order valence-electron chi connectivity index (χ4n) is 1.68. The van der Waals surface area contributed by atoms with Crippen LogP contribution in [-0.4, -0.2) is 18.9 Å². The van der Waals surface area contributed by atoms with Crippen LogP contribution in [0.25, 0.3) is 0 Å². The minimum absolute atomic E-state index is 0.115. The second kappa shape index (κ2) is 5.62. The molecule has 0 saturated heterocycles. The van der Waals surface area contributed by atoms with Gasteiger partial charge in [0.05, 0.1) is 12.7 Å². The Bertz CT molecular complexity index is 435. The molecule has 0 radical (unpaired) electrons. The van der Waals surface area contributed by atoms with E-state index >= 15 is 0 Å². The van der Waals surface area contributed by atoms with Crippen molar-refractivity contribution in [1.82, 2.24) is 0 Å². The SMILES string of the molecule is CCC(C)c1ccc(C(=O)OC)c(C(C)=O)c1. The maximum Gasteiger partial charge on any atom is 0.338 e. The van der Waals surface area contributed by atoms with Crippen LogP contribution in [0, 0.1) is 0 Å². The number of methoxy groups -OCH3 is 1. The minimum Gasteiger partial charge on any atom is -0.465 e. The van der Waals surface area contributed by atoms with Gasteiger partial charge in [0.1, 0.15) is 0 Å². The Morgan fingerprint density at radius 3 is 2.41 bits per heavy atom. The molecule has 3 nitrogen and oxygen atoms in total. The number of carbonyl (C=O) groups is 2. The van der Waals surface area contributed by atoms with Crippen molar-refractivity contribution in [3.8, 4) is 0 Å². The summed E-state index contributed by atoms with van der Waals surface area (Å²) >= 11 is 0. The predicted molar refractivity (Wildman–Crippen MR) is 66.5 cm³/mol. The van der Waals surface area contributed by atoms with Crippen LogP contribution < -0.4 is 0 Å². The maximum absolute atomic E-state index is 11.5. The summed E-state index contributed by atoms with van der Waals surface area (Å²) in [5.74, 6) is -0.207. The lowest BCUT2D eigenvalue weighted by molar-refractivity contribution is 0.0597. The molecule has 0 aromatic heterocycles. The summed E-state index contributed by atoms with van der Waals surface area (Å²) in [7, 11) is 1.31. The standard InChI is InChI=1S/C14H18O3/c1-5-9(2)11-6-7-12(14(16)17-4)13(8-11)10(3)15/h6-9H,5H2,1-4H3. The molecule has 0 fully saturated rings. The molecule has 1 atom stereocenters. The molecule has 3 heteroatoms. The summed E-state index contributed by atoms with van der Waals surface area (Å²) in [5, 5.41) is 0. The Morgan fingerprint density at radius 2 is 1.94 bits per heavy atom. The Hall–Kier alpha value is -1.64. The molecular formula is C14H18O3. The van der Waals surface area contributed by atoms with Crippen molar-refractivity contribution in [2.45, 2.75) is 33.1 Å². The highest BCUT2D eigenvalue weighted by Crippen LogP contribution is 2.22. The average molecular weight is 234 g/mol. The summed E-state index contributed by atoms with van der Waals surface area (Å²) in [6, 6.07) is 5.35. The van der Waals surface area contributed by atoms with Crippen LogP contribution in [0.4, 0.5) is 0 Å². The maximum atomic E-state index is 11.5. The second-order valence-electron chi connectivity index (χ2n) is 4.16. The Kier molecular flexibility index (Phi) is 4.44. The lowest BCUT2D eigenvalue weighted by Gasteiger charge is -2.12. The monoisotopic (exact) mass is 234 g/mol. The molecule has 0 amide bonds. The van der Waals surface area contributed by atoms with Crippen LogP contribution in [0.3, 0.4) is 0 Å². The highest BCUT2D eigenvalue weighted by molar-refractivity contribution is 6.05. The summed E-state index contributed by atoms with van der Waals surface area (Å²) < 4.78 is 4.66. The van der Waals surface area contributed by atoms with Crippen molar-refractivity contribution < 1.29 is 14.3 Å². The second-order valence-corrected chi connectivity index (χ2v) is 4.16. The van der Waals surface area contributed by atoms with Crippen molar-refractivity contribution >= 4 is 11.8 Å². The predicted octanol–water partition coefficient (Wildman–Crippen LogP) is 3.19. The molecule has 0 aliphatic heterocycles. The highest BCUT2D eigenvalue weighted by atomic mass is 16.5. The highest BCUT2D eigenvalue weighted by Gasteiger charge is 2.16. The number of ether oxygens (including phenoxy) is 1. The molecular weight excluding hydrogens is 216 g/mol. The van der Waals surface area contributed by atoms with Gasteiger partial charge in [-0.05, 0) is 37.0 Å². The Balaban J connectivity index is 3.27. The third kappa shape index (κ3) is 2.93. The number of carbonyl (C=O) groups excluding carboxylic acids is 2. The van der Waals surface area contributed by atoms with Crippen LogP contribution in [-0.2, 0) is 4.74 Å². The average Bonchev–Trinajstić information content (AvgIpc) is 2.35. The third-order valence-corrected chi connectivity index (χ3v) is 3.01. The van der Waals surface area contributed by atoms with Crippen molar-refractivity contribution in [1.29, 1.82) is 0 Å². The van der Waals surface area contributed by atoms with Crippen LogP contribution in [0.5, 0.6) is 0 Å². The molecule has 0 spiro atoms. The minimum atomic E-state index is -0.467. The van der Waals surface area contributed by atoms with E-state index in [1.807, 2.05) is 6.07 Å². The van der Waals surface area contributed by atoms with Crippen molar-refractivity contribution in [2.75, 3.05) is 7.11 Å². The molecule has 1 aromatic rings. The van der Waals surface area contributed by atoms with E-state index in [0.717, 1.165) is 12.0 Å². The molecule has 0 aliphatic carbocycles. The molecule has 1 unspecified atom stereocenters. The molecule has 0 N–H and O–H groups in total. The quantitative estimate of drug-likeness (QED) is 0.593. The van der Waals surface area contributed by atoms with E-state index in [1.165, 1.54) is 14.0 Å². The molecule has 0 bridgehead atoms. The fraction of sp³-hybridized carbons (Fsp3) is 0.429. The van der Waals surface area contributed by atoms with Gasteiger partial charge < -0.3 is 4.74 Å². The van der Waals surface area contributed by atoms with E-state index in [4.69, 9.17) is 0 Å². The van der Waals surface area contributed by atoms with Crippen molar-refractivity contribution in [2.24, 2.45) is 0 Å². The van der Waals surface area contributed by atoms with E-state index in [1.54, 1.807) is 12.1 Å². The van der Waals surface area contributed by atoms with Gasteiger partial charge in [0.25, 0.3) is 0 Å². The number of benzene rings is 1. The van der Waals surface area contributed by atoms with E-state index in [9.17, 15) is 9.59 Å². The molecule has 0 aliphatic rings. The summed E-state index contributed by atoms with van der Waals surface area (Å²) in [5.41, 5.74) is 1.85. The smallest absolute Gasteiger partial charge is 0.338 e. The number of ketones is 1. The normalized spacial score (nSPS) is 12.0. The molecule has 0 heterocycles. The van der Waals surface area contributed by atoms with Gasteiger partial charge in [0, 0.05) is 5.56 Å². The van der Waals surface area contributed by atoms with Crippen molar-refractivity contribution in [3.05, 3.63) is 34.9 Å². The first kappa shape index (κ1) is 13.4. The van der Waals surface area contributed by atoms with Crippen LogP contribution >= 0.6 is 0 Å². The lowest BCUT2D eigenvalue weighted by atomic mass is 9.93.